The molecule has 2 N–H and O–H groups in total. The van der Waals surface area contributed by atoms with Crippen LogP contribution in [-0.4, -0.2) is 18.5 Å². The second kappa shape index (κ2) is 6.28. The zero-order valence-electron chi connectivity index (χ0n) is 12.8. The largest absolute Gasteiger partial charge is 0.416 e. The summed E-state index contributed by atoms with van der Waals surface area (Å²) in [4.78, 5) is 12.3. The molecule has 1 atom stereocenters. The summed E-state index contributed by atoms with van der Waals surface area (Å²) in [5.74, 6) is -0.107. The van der Waals surface area contributed by atoms with Gasteiger partial charge < -0.3 is 10.6 Å². The van der Waals surface area contributed by atoms with Crippen LogP contribution in [0, 0.1) is 5.41 Å². The quantitative estimate of drug-likeness (QED) is 0.900. The van der Waals surface area contributed by atoms with Crippen molar-refractivity contribution in [1.29, 1.82) is 0 Å². The Morgan fingerprint density at radius 2 is 1.95 bits per heavy atom. The first-order valence-corrected chi connectivity index (χ1v) is 7.37. The number of hydrogen-bond donors (Lipinski definition) is 2. The van der Waals surface area contributed by atoms with Crippen molar-refractivity contribution >= 4 is 5.91 Å². The summed E-state index contributed by atoms with van der Waals surface area (Å²) in [6.07, 6.45) is -2.33. The monoisotopic (exact) mass is 314 g/mol. The second-order valence-electron chi connectivity index (χ2n) is 6.39. The van der Waals surface area contributed by atoms with E-state index in [4.69, 9.17) is 0 Å². The third-order valence-corrected chi connectivity index (χ3v) is 4.14. The Labute approximate surface area is 128 Å². The summed E-state index contributed by atoms with van der Waals surface area (Å²) in [5.41, 5.74) is -0.157. The number of carbonyl (C=O) groups is 1. The molecule has 0 aliphatic carbocycles. The molecule has 1 aliphatic rings. The molecule has 1 saturated heterocycles. The van der Waals surface area contributed by atoms with Crippen LogP contribution in [0.2, 0.25) is 0 Å². The van der Waals surface area contributed by atoms with Crippen molar-refractivity contribution in [1.82, 2.24) is 10.6 Å². The predicted molar refractivity (Wildman–Crippen MR) is 78.1 cm³/mol. The lowest BCUT2D eigenvalue weighted by molar-refractivity contribution is -0.137. The smallest absolute Gasteiger partial charge is 0.351 e. The van der Waals surface area contributed by atoms with Crippen molar-refractivity contribution in [3.63, 3.8) is 0 Å². The molecule has 3 nitrogen and oxygen atoms in total. The number of benzene rings is 1. The molecular weight excluding hydrogens is 293 g/mol. The maximum absolute atomic E-state index is 12.5. The van der Waals surface area contributed by atoms with Gasteiger partial charge in [0.2, 0.25) is 5.91 Å². The van der Waals surface area contributed by atoms with Gasteiger partial charge in [0.05, 0.1) is 11.6 Å². The predicted octanol–water partition coefficient (Wildman–Crippen LogP) is 3.10. The van der Waals surface area contributed by atoms with Gasteiger partial charge in [-0.3, -0.25) is 4.79 Å². The summed E-state index contributed by atoms with van der Waals surface area (Å²) in [6, 6.07) is 4.58. The van der Waals surface area contributed by atoms with E-state index in [1.54, 1.807) is 0 Å². The molecule has 1 aromatic carbocycles. The van der Waals surface area contributed by atoms with E-state index in [2.05, 4.69) is 10.6 Å². The molecule has 1 aliphatic heterocycles. The molecule has 0 bridgehead atoms. The van der Waals surface area contributed by atoms with Crippen LogP contribution in [0.1, 0.15) is 37.8 Å². The fraction of sp³-hybridized carbons (Fsp3) is 0.562. The highest BCUT2D eigenvalue weighted by Gasteiger charge is 2.36. The Balaban J connectivity index is 1.93. The fourth-order valence-corrected chi connectivity index (χ4v) is 2.76. The molecule has 1 aromatic rings. The number of rotatable bonds is 3. The maximum Gasteiger partial charge on any atom is 0.416 e. The topological polar surface area (TPSA) is 41.1 Å². The van der Waals surface area contributed by atoms with Gasteiger partial charge in [-0.1, -0.05) is 26.0 Å². The summed E-state index contributed by atoms with van der Waals surface area (Å²) in [5, 5.41) is 6.01. The molecule has 0 radical (unpaired) electrons. The van der Waals surface area contributed by atoms with E-state index in [9.17, 15) is 18.0 Å². The first-order valence-electron chi connectivity index (χ1n) is 7.37. The maximum atomic E-state index is 12.5. The van der Waals surface area contributed by atoms with Gasteiger partial charge in [0, 0.05) is 6.54 Å². The second-order valence-corrected chi connectivity index (χ2v) is 6.39. The van der Waals surface area contributed by atoms with Gasteiger partial charge in [-0.2, -0.15) is 13.2 Å². The third-order valence-electron chi connectivity index (χ3n) is 4.14. The molecule has 122 valence electrons. The van der Waals surface area contributed by atoms with Crippen molar-refractivity contribution in [2.75, 3.05) is 6.54 Å². The highest BCUT2D eigenvalue weighted by Crippen LogP contribution is 2.30. The summed E-state index contributed by atoms with van der Waals surface area (Å²) in [7, 11) is 0. The van der Waals surface area contributed by atoms with Crippen LogP contribution < -0.4 is 10.6 Å². The van der Waals surface area contributed by atoms with Gasteiger partial charge in [0.15, 0.2) is 0 Å². The van der Waals surface area contributed by atoms with E-state index in [1.807, 2.05) is 13.8 Å². The summed E-state index contributed by atoms with van der Waals surface area (Å²) >= 11 is 0. The number of piperidine rings is 1. The van der Waals surface area contributed by atoms with E-state index in [0.717, 1.165) is 31.5 Å². The Hall–Kier alpha value is -1.56. The third kappa shape index (κ3) is 4.00. The minimum Gasteiger partial charge on any atom is -0.351 e. The Bertz CT molecular complexity index is 523. The zero-order valence-corrected chi connectivity index (χ0v) is 12.8. The Kier molecular flexibility index (Phi) is 4.80. The first kappa shape index (κ1) is 16.8. The van der Waals surface area contributed by atoms with Crippen LogP contribution in [0.15, 0.2) is 24.3 Å². The van der Waals surface area contributed by atoms with Crippen molar-refractivity contribution in [2.45, 2.75) is 45.5 Å². The van der Waals surface area contributed by atoms with Crippen LogP contribution in [-0.2, 0) is 17.5 Å². The van der Waals surface area contributed by atoms with Gasteiger partial charge in [0.1, 0.15) is 0 Å². The van der Waals surface area contributed by atoms with Gasteiger partial charge in [0.25, 0.3) is 0 Å². The van der Waals surface area contributed by atoms with Gasteiger partial charge in [-0.25, -0.2) is 0 Å². The van der Waals surface area contributed by atoms with Gasteiger partial charge >= 0.3 is 6.18 Å². The first-order chi connectivity index (χ1) is 10.2. The molecule has 2 rings (SSSR count). The SMILES string of the molecule is CC1(C)CCCNC1C(=O)NCc1ccc(C(F)(F)F)cc1. The number of carbonyl (C=O) groups excluding carboxylic acids is 1. The fourth-order valence-electron chi connectivity index (χ4n) is 2.76. The van der Waals surface area contributed by atoms with E-state index in [0.29, 0.717) is 5.56 Å². The molecule has 1 heterocycles. The normalized spacial score (nSPS) is 21.4. The van der Waals surface area contributed by atoms with E-state index >= 15 is 0 Å². The highest BCUT2D eigenvalue weighted by molar-refractivity contribution is 5.82. The van der Waals surface area contributed by atoms with E-state index in [-0.39, 0.29) is 23.9 Å². The molecule has 1 amide bonds. The Morgan fingerprint density at radius 3 is 2.50 bits per heavy atom. The molecular formula is C16H21F3N2O. The lowest BCUT2D eigenvalue weighted by Gasteiger charge is -2.38. The summed E-state index contributed by atoms with van der Waals surface area (Å²) in [6.45, 7) is 5.12. The number of alkyl halides is 3. The Morgan fingerprint density at radius 1 is 1.32 bits per heavy atom. The van der Waals surface area contributed by atoms with Crippen LogP contribution in [0.3, 0.4) is 0 Å². The van der Waals surface area contributed by atoms with Crippen molar-refractivity contribution in [2.24, 2.45) is 5.41 Å². The minimum atomic E-state index is -4.34. The number of hydrogen-bond acceptors (Lipinski definition) is 2. The zero-order chi connectivity index (χ0) is 16.4. The average molecular weight is 314 g/mol. The molecule has 1 unspecified atom stereocenters. The van der Waals surface area contributed by atoms with Gasteiger partial charge in [-0.05, 0) is 42.5 Å². The van der Waals surface area contributed by atoms with Crippen LogP contribution in [0.5, 0.6) is 0 Å². The number of nitrogens with one attached hydrogen (secondary N) is 2. The molecule has 0 saturated carbocycles. The number of amides is 1. The lowest BCUT2D eigenvalue weighted by Crippen LogP contribution is -2.55. The lowest BCUT2D eigenvalue weighted by atomic mass is 9.77. The highest BCUT2D eigenvalue weighted by atomic mass is 19.4. The minimum absolute atomic E-state index is 0.107. The van der Waals surface area contributed by atoms with Gasteiger partial charge in [-0.15, -0.1) is 0 Å². The number of halogens is 3. The summed E-state index contributed by atoms with van der Waals surface area (Å²) < 4.78 is 37.5. The van der Waals surface area contributed by atoms with Crippen LogP contribution >= 0.6 is 0 Å². The molecule has 6 heteroatoms. The molecule has 1 fully saturated rings. The van der Waals surface area contributed by atoms with E-state index in [1.165, 1.54) is 12.1 Å². The average Bonchev–Trinajstić information content (AvgIpc) is 2.44. The molecule has 0 spiro atoms. The standard InChI is InChI=1S/C16H21F3N2O/c1-15(2)8-3-9-20-13(15)14(22)21-10-11-4-6-12(7-5-11)16(17,18)19/h4-7,13,20H,3,8-10H2,1-2H3,(H,21,22). The van der Waals surface area contributed by atoms with Crippen LogP contribution in [0.4, 0.5) is 13.2 Å². The van der Waals surface area contributed by atoms with Crippen LogP contribution in [0.25, 0.3) is 0 Å². The van der Waals surface area contributed by atoms with E-state index < -0.39 is 11.7 Å². The van der Waals surface area contributed by atoms with Crippen molar-refractivity contribution in [3.8, 4) is 0 Å². The molecule has 22 heavy (non-hydrogen) atoms. The van der Waals surface area contributed by atoms with Crippen molar-refractivity contribution < 1.29 is 18.0 Å². The molecule has 0 aromatic heterocycles. The van der Waals surface area contributed by atoms with Crippen molar-refractivity contribution in [3.05, 3.63) is 35.4 Å².